The van der Waals surface area contributed by atoms with Gasteiger partial charge in [-0.15, -0.1) is 0 Å². The van der Waals surface area contributed by atoms with Gasteiger partial charge < -0.3 is 21.1 Å². The number of nitrogens with zero attached hydrogens (tertiary/aromatic N) is 3. The van der Waals surface area contributed by atoms with Gasteiger partial charge in [-0.25, -0.2) is 9.78 Å². The number of fused-ring (bicyclic) bond motifs is 1. The zero-order valence-electron chi connectivity index (χ0n) is 16.0. The van der Waals surface area contributed by atoms with Gasteiger partial charge in [-0.05, 0) is 44.9 Å². The van der Waals surface area contributed by atoms with Crippen molar-refractivity contribution >= 4 is 28.8 Å². The Bertz CT molecular complexity index is 931. The Kier molecular flexibility index (Phi) is 5.06. The number of rotatable bonds is 4. The van der Waals surface area contributed by atoms with Crippen molar-refractivity contribution in [1.82, 2.24) is 19.9 Å². The van der Waals surface area contributed by atoms with Crippen LogP contribution < -0.4 is 21.9 Å². The molecular weight excluding hydrogens is 360 g/mol. The van der Waals surface area contributed by atoms with Crippen molar-refractivity contribution in [3.8, 4) is 0 Å². The molecule has 0 unspecified atom stereocenters. The molecule has 0 bridgehead atoms. The SMILES string of the molecule is COC(=O)N[C@H]1CC[C@H](Nc2ncc3c(N)cc(=O)n(C4CCC4)c3n2)CC1. The lowest BCUT2D eigenvalue weighted by Crippen LogP contribution is -2.40. The van der Waals surface area contributed by atoms with E-state index in [1.54, 1.807) is 10.8 Å². The number of hydrogen-bond donors (Lipinski definition) is 3. The fourth-order valence-corrected chi connectivity index (χ4v) is 4.00. The maximum Gasteiger partial charge on any atom is 0.407 e. The molecule has 4 rings (SSSR count). The molecule has 0 saturated heterocycles. The normalized spacial score (nSPS) is 22.5. The predicted octanol–water partition coefficient (Wildman–Crippen LogP) is 2.18. The molecule has 4 N–H and O–H groups in total. The molecule has 2 aliphatic carbocycles. The molecule has 0 aliphatic heterocycles. The topological polar surface area (TPSA) is 124 Å². The number of pyridine rings is 1. The smallest absolute Gasteiger partial charge is 0.407 e. The molecule has 0 radical (unpaired) electrons. The minimum atomic E-state index is -0.388. The van der Waals surface area contributed by atoms with Crippen LogP contribution in [0, 0.1) is 0 Å². The van der Waals surface area contributed by atoms with Crippen molar-refractivity contribution < 1.29 is 9.53 Å². The molecule has 2 heterocycles. The van der Waals surface area contributed by atoms with Crippen molar-refractivity contribution in [1.29, 1.82) is 0 Å². The molecule has 2 fully saturated rings. The Balaban J connectivity index is 1.51. The molecule has 1 amide bonds. The van der Waals surface area contributed by atoms with E-state index in [4.69, 9.17) is 5.73 Å². The second-order valence-electron chi connectivity index (χ2n) is 7.65. The third-order valence-electron chi connectivity index (χ3n) is 5.83. The van der Waals surface area contributed by atoms with Crippen molar-refractivity contribution in [2.75, 3.05) is 18.2 Å². The summed E-state index contributed by atoms with van der Waals surface area (Å²) in [6.07, 6.45) is 7.92. The van der Waals surface area contributed by atoms with Crippen LogP contribution in [0.4, 0.5) is 16.4 Å². The lowest BCUT2D eigenvalue weighted by molar-refractivity contribution is 0.162. The van der Waals surface area contributed by atoms with E-state index < -0.39 is 0 Å². The second kappa shape index (κ2) is 7.65. The van der Waals surface area contributed by atoms with E-state index in [1.165, 1.54) is 13.2 Å². The van der Waals surface area contributed by atoms with Crippen LogP contribution in [-0.2, 0) is 4.74 Å². The third-order valence-corrected chi connectivity index (χ3v) is 5.83. The highest BCUT2D eigenvalue weighted by atomic mass is 16.5. The molecule has 28 heavy (non-hydrogen) atoms. The molecule has 2 aromatic heterocycles. The predicted molar refractivity (Wildman–Crippen MR) is 106 cm³/mol. The van der Waals surface area contributed by atoms with E-state index >= 15 is 0 Å². The number of nitrogens with one attached hydrogen (secondary N) is 2. The minimum Gasteiger partial charge on any atom is -0.453 e. The average molecular weight is 386 g/mol. The summed E-state index contributed by atoms with van der Waals surface area (Å²) in [4.78, 5) is 32.9. The largest absolute Gasteiger partial charge is 0.453 e. The van der Waals surface area contributed by atoms with Gasteiger partial charge in [-0.3, -0.25) is 9.36 Å². The van der Waals surface area contributed by atoms with Gasteiger partial charge in [0.2, 0.25) is 5.95 Å². The number of anilines is 2. The Hall–Kier alpha value is -2.84. The van der Waals surface area contributed by atoms with Gasteiger partial charge in [-0.2, -0.15) is 4.98 Å². The quantitative estimate of drug-likeness (QED) is 0.735. The monoisotopic (exact) mass is 386 g/mol. The number of nitrogens with two attached hydrogens (primary N) is 1. The molecule has 0 spiro atoms. The minimum absolute atomic E-state index is 0.103. The highest BCUT2D eigenvalue weighted by Gasteiger charge is 2.25. The first kappa shape index (κ1) is 18.5. The number of alkyl carbamates (subject to hydrolysis) is 1. The van der Waals surface area contributed by atoms with E-state index in [1.807, 2.05) is 0 Å². The lowest BCUT2D eigenvalue weighted by atomic mass is 9.91. The third kappa shape index (κ3) is 3.61. The molecule has 2 saturated carbocycles. The molecular formula is C19H26N6O3. The number of ether oxygens (including phenoxy) is 1. The number of aromatic nitrogens is 3. The van der Waals surface area contributed by atoms with E-state index in [9.17, 15) is 9.59 Å². The fraction of sp³-hybridized carbons (Fsp3) is 0.579. The van der Waals surface area contributed by atoms with Crippen molar-refractivity contribution in [2.24, 2.45) is 0 Å². The van der Waals surface area contributed by atoms with E-state index in [0.29, 0.717) is 22.7 Å². The number of hydrogen-bond acceptors (Lipinski definition) is 7. The van der Waals surface area contributed by atoms with Crippen LogP contribution in [0.2, 0.25) is 0 Å². The first-order valence-corrected chi connectivity index (χ1v) is 9.84. The van der Waals surface area contributed by atoms with Crippen molar-refractivity contribution in [3.05, 3.63) is 22.6 Å². The summed E-state index contributed by atoms with van der Waals surface area (Å²) in [5.41, 5.74) is 6.94. The zero-order valence-corrected chi connectivity index (χ0v) is 16.0. The van der Waals surface area contributed by atoms with Crippen LogP contribution in [0.15, 0.2) is 17.1 Å². The summed E-state index contributed by atoms with van der Waals surface area (Å²) in [7, 11) is 1.37. The molecule has 9 heteroatoms. The summed E-state index contributed by atoms with van der Waals surface area (Å²) >= 11 is 0. The van der Waals surface area contributed by atoms with Crippen molar-refractivity contribution in [3.63, 3.8) is 0 Å². The molecule has 2 aliphatic rings. The van der Waals surface area contributed by atoms with Crippen LogP contribution >= 0.6 is 0 Å². The number of carbonyl (C=O) groups excluding carboxylic acids is 1. The fourth-order valence-electron chi connectivity index (χ4n) is 4.00. The van der Waals surface area contributed by atoms with Gasteiger partial charge in [0.1, 0.15) is 0 Å². The van der Waals surface area contributed by atoms with Gasteiger partial charge in [0.15, 0.2) is 5.65 Å². The summed E-state index contributed by atoms with van der Waals surface area (Å²) in [5.74, 6) is 0.509. The van der Waals surface area contributed by atoms with Crippen LogP contribution in [-0.4, -0.2) is 39.8 Å². The van der Waals surface area contributed by atoms with Crippen molar-refractivity contribution in [2.45, 2.75) is 63.1 Å². The molecule has 150 valence electrons. The Labute approximate surface area is 162 Å². The van der Waals surface area contributed by atoms with E-state index in [0.717, 1.165) is 44.9 Å². The highest BCUT2D eigenvalue weighted by Crippen LogP contribution is 2.33. The Morgan fingerprint density at radius 1 is 1.21 bits per heavy atom. The van der Waals surface area contributed by atoms with E-state index in [2.05, 4.69) is 25.3 Å². The summed E-state index contributed by atoms with van der Waals surface area (Å²) in [6.45, 7) is 0. The van der Waals surface area contributed by atoms with Crippen LogP contribution in [0.5, 0.6) is 0 Å². The number of nitrogen functional groups attached to an aromatic ring is 1. The molecule has 0 aromatic carbocycles. The lowest BCUT2D eigenvalue weighted by Gasteiger charge is -2.30. The van der Waals surface area contributed by atoms with Gasteiger partial charge in [0, 0.05) is 36.1 Å². The standard InChI is InChI=1S/C19H26N6O3/c1-28-19(27)23-12-7-5-11(6-8-12)22-18-21-10-14-15(20)9-16(26)25(17(14)24-18)13-3-2-4-13/h9-13H,2-8,20H2,1H3,(H,23,27)(H,21,22,24)/t11-,12-. The van der Waals surface area contributed by atoms with Crippen LogP contribution in [0.3, 0.4) is 0 Å². The maximum atomic E-state index is 12.5. The van der Waals surface area contributed by atoms with Gasteiger partial charge >= 0.3 is 6.09 Å². The molecule has 9 nitrogen and oxygen atoms in total. The van der Waals surface area contributed by atoms with E-state index in [-0.39, 0.29) is 29.8 Å². The number of methoxy groups -OCH3 is 1. The Morgan fingerprint density at radius 2 is 1.93 bits per heavy atom. The first-order valence-electron chi connectivity index (χ1n) is 9.84. The van der Waals surface area contributed by atoms with Crippen LogP contribution in [0.25, 0.3) is 11.0 Å². The van der Waals surface area contributed by atoms with Gasteiger partial charge in [-0.1, -0.05) is 0 Å². The number of carbonyl (C=O) groups is 1. The first-order chi connectivity index (χ1) is 13.5. The Morgan fingerprint density at radius 3 is 2.57 bits per heavy atom. The summed E-state index contributed by atoms with van der Waals surface area (Å²) < 4.78 is 6.42. The highest BCUT2D eigenvalue weighted by molar-refractivity contribution is 5.87. The van der Waals surface area contributed by atoms with Gasteiger partial charge in [0.25, 0.3) is 5.56 Å². The van der Waals surface area contributed by atoms with Crippen LogP contribution in [0.1, 0.15) is 51.0 Å². The molecule has 2 aromatic rings. The average Bonchev–Trinajstić information content (AvgIpc) is 2.65. The summed E-state index contributed by atoms with van der Waals surface area (Å²) in [6, 6.07) is 2.01. The summed E-state index contributed by atoms with van der Waals surface area (Å²) in [5, 5.41) is 6.94. The maximum absolute atomic E-state index is 12.5. The molecule has 0 atom stereocenters. The number of amides is 1. The van der Waals surface area contributed by atoms with Gasteiger partial charge in [0.05, 0.1) is 12.5 Å². The second-order valence-corrected chi connectivity index (χ2v) is 7.65. The zero-order chi connectivity index (χ0) is 19.7.